The molecule has 1 rings (SSSR count). The minimum atomic E-state index is 0.178. The molecule has 0 aliphatic rings. The smallest absolute Gasteiger partial charge is 0.127 e. The minimum absolute atomic E-state index is 0.178. The lowest BCUT2D eigenvalue weighted by atomic mass is 9.90. The van der Waals surface area contributed by atoms with Crippen LogP contribution in [0.1, 0.15) is 25.8 Å². The van der Waals surface area contributed by atoms with Gasteiger partial charge in [-0.25, -0.2) is 4.98 Å². The molecule has 3 N–H and O–H groups in total. The van der Waals surface area contributed by atoms with Gasteiger partial charge in [-0.15, -0.1) is 0 Å². The predicted molar refractivity (Wildman–Crippen MR) is 72.2 cm³/mol. The number of pyridine rings is 1. The number of nitrogen functional groups attached to an aromatic ring is 1. The van der Waals surface area contributed by atoms with Crippen LogP contribution in [0.2, 0.25) is 0 Å². The number of nitrogens with zero attached hydrogens (tertiary/aromatic N) is 1. The fourth-order valence-electron chi connectivity index (χ4n) is 1.43. The minimum Gasteiger partial charge on any atom is -0.398 e. The zero-order valence-electron chi connectivity index (χ0n) is 11.2. The summed E-state index contributed by atoms with van der Waals surface area (Å²) >= 11 is 0. The van der Waals surface area contributed by atoms with E-state index in [1.165, 1.54) is 0 Å². The van der Waals surface area contributed by atoms with Gasteiger partial charge in [0.2, 0.25) is 0 Å². The van der Waals surface area contributed by atoms with E-state index in [9.17, 15) is 0 Å². The third-order valence-electron chi connectivity index (χ3n) is 2.88. The van der Waals surface area contributed by atoms with Gasteiger partial charge in [-0.05, 0) is 24.3 Å². The van der Waals surface area contributed by atoms with Crippen molar-refractivity contribution in [1.82, 2.24) is 4.98 Å². The van der Waals surface area contributed by atoms with Gasteiger partial charge < -0.3 is 15.8 Å². The highest BCUT2D eigenvalue weighted by atomic mass is 16.5. The molecular formula is C13H23N3O. The van der Waals surface area contributed by atoms with Crippen molar-refractivity contribution in [3.8, 4) is 0 Å². The molecule has 0 radical (unpaired) electrons. The summed E-state index contributed by atoms with van der Waals surface area (Å²) in [6.07, 6.45) is 2.80. The van der Waals surface area contributed by atoms with E-state index < -0.39 is 0 Å². The molecule has 4 nitrogen and oxygen atoms in total. The highest BCUT2D eigenvalue weighted by molar-refractivity contribution is 5.53. The maximum atomic E-state index is 5.84. The Bertz CT molecular complexity index is 364. The maximum Gasteiger partial charge on any atom is 0.127 e. The lowest BCUT2D eigenvalue weighted by molar-refractivity contribution is 0.157. The first kappa shape index (κ1) is 13.8. The molecule has 0 amide bonds. The SMILES string of the molecule is COCCC(C)(C)CNc1cc(N)c(C)cn1. The molecule has 1 heterocycles. The Kier molecular flexibility index (Phi) is 4.75. The molecule has 96 valence electrons. The van der Waals surface area contributed by atoms with Crippen molar-refractivity contribution in [3.05, 3.63) is 17.8 Å². The molecule has 1 aromatic heterocycles. The average molecular weight is 237 g/mol. The lowest BCUT2D eigenvalue weighted by Crippen LogP contribution is -2.25. The summed E-state index contributed by atoms with van der Waals surface area (Å²) in [7, 11) is 1.73. The van der Waals surface area contributed by atoms with Crippen molar-refractivity contribution in [3.63, 3.8) is 0 Å². The van der Waals surface area contributed by atoms with E-state index in [0.717, 1.165) is 36.6 Å². The second-order valence-electron chi connectivity index (χ2n) is 5.19. The quantitative estimate of drug-likeness (QED) is 0.798. The Balaban J connectivity index is 2.51. The second kappa shape index (κ2) is 5.87. The van der Waals surface area contributed by atoms with Crippen LogP contribution in [0.25, 0.3) is 0 Å². The number of nitrogens with one attached hydrogen (secondary N) is 1. The summed E-state index contributed by atoms with van der Waals surface area (Å²) in [5.41, 5.74) is 7.80. The summed E-state index contributed by atoms with van der Waals surface area (Å²) in [5.74, 6) is 0.832. The third kappa shape index (κ3) is 4.61. The van der Waals surface area contributed by atoms with Crippen molar-refractivity contribution < 1.29 is 4.74 Å². The van der Waals surface area contributed by atoms with E-state index in [-0.39, 0.29) is 5.41 Å². The van der Waals surface area contributed by atoms with Crippen LogP contribution in [0.4, 0.5) is 11.5 Å². The van der Waals surface area contributed by atoms with E-state index in [4.69, 9.17) is 10.5 Å². The van der Waals surface area contributed by atoms with E-state index >= 15 is 0 Å². The Morgan fingerprint density at radius 3 is 2.76 bits per heavy atom. The molecule has 0 saturated heterocycles. The molecule has 4 heteroatoms. The number of ether oxygens (including phenoxy) is 1. The molecule has 0 atom stereocenters. The van der Waals surface area contributed by atoms with Crippen molar-refractivity contribution in [2.45, 2.75) is 27.2 Å². The fourth-order valence-corrected chi connectivity index (χ4v) is 1.43. The number of anilines is 2. The predicted octanol–water partition coefficient (Wildman–Crippen LogP) is 2.45. The number of aromatic nitrogens is 1. The number of rotatable bonds is 6. The van der Waals surface area contributed by atoms with Crippen LogP contribution in [-0.4, -0.2) is 25.2 Å². The van der Waals surface area contributed by atoms with Crippen molar-refractivity contribution in [2.24, 2.45) is 5.41 Å². The van der Waals surface area contributed by atoms with Gasteiger partial charge in [0.25, 0.3) is 0 Å². The van der Waals surface area contributed by atoms with E-state index in [1.807, 2.05) is 13.0 Å². The summed E-state index contributed by atoms with van der Waals surface area (Å²) in [6.45, 7) is 7.99. The highest BCUT2D eigenvalue weighted by Gasteiger charge is 2.17. The Hall–Kier alpha value is -1.29. The molecular weight excluding hydrogens is 214 g/mol. The largest absolute Gasteiger partial charge is 0.398 e. The van der Waals surface area contributed by atoms with Crippen LogP contribution in [0.3, 0.4) is 0 Å². The van der Waals surface area contributed by atoms with Crippen LogP contribution in [0.5, 0.6) is 0 Å². The molecule has 0 aromatic carbocycles. The van der Waals surface area contributed by atoms with Crippen LogP contribution < -0.4 is 11.1 Å². The Morgan fingerprint density at radius 1 is 1.47 bits per heavy atom. The highest BCUT2D eigenvalue weighted by Crippen LogP contribution is 2.21. The van der Waals surface area contributed by atoms with Gasteiger partial charge in [-0.3, -0.25) is 0 Å². The Morgan fingerprint density at radius 2 is 2.18 bits per heavy atom. The van der Waals surface area contributed by atoms with Gasteiger partial charge in [0.05, 0.1) is 0 Å². The number of aryl methyl sites for hydroxylation is 1. The fraction of sp³-hybridized carbons (Fsp3) is 0.615. The van der Waals surface area contributed by atoms with E-state index in [1.54, 1.807) is 13.3 Å². The zero-order valence-corrected chi connectivity index (χ0v) is 11.2. The van der Waals surface area contributed by atoms with Crippen LogP contribution in [0, 0.1) is 12.3 Å². The molecule has 0 fully saturated rings. The standard InChI is InChI=1S/C13H23N3O/c1-10-8-15-12(7-11(10)14)16-9-13(2,3)5-6-17-4/h7-8H,5-6,9H2,1-4H3,(H3,14,15,16). The number of methoxy groups -OCH3 is 1. The van der Waals surface area contributed by atoms with Gasteiger partial charge in [0.1, 0.15) is 5.82 Å². The average Bonchev–Trinajstić information content (AvgIpc) is 2.28. The van der Waals surface area contributed by atoms with Crippen LogP contribution in [-0.2, 0) is 4.74 Å². The summed E-state index contributed by atoms with van der Waals surface area (Å²) < 4.78 is 5.10. The first-order chi connectivity index (χ1) is 7.94. The van der Waals surface area contributed by atoms with Gasteiger partial charge in [-0.2, -0.15) is 0 Å². The van der Waals surface area contributed by atoms with Gasteiger partial charge in [-0.1, -0.05) is 13.8 Å². The normalized spacial score (nSPS) is 11.5. The monoisotopic (exact) mass is 237 g/mol. The molecule has 0 bridgehead atoms. The van der Waals surface area contributed by atoms with Gasteiger partial charge in [0.15, 0.2) is 0 Å². The zero-order chi connectivity index (χ0) is 12.9. The number of hydrogen-bond acceptors (Lipinski definition) is 4. The van der Waals surface area contributed by atoms with Crippen LogP contribution in [0.15, 0.2) is 12.3 Å². The van der Waals surface area contributed by atoms with Gasteiger partial charge >= 0.3 is 0 Å². The molecule has 1 aromatic rings. The summed E-state index contributed by atoms with van der Waals surface area (Å²) in [4.78, 5) is 4.30. The lowest BCUT2D eigenvalue weighted by Gasteiger charge is -2.24. The molecule has 0 saturated carbocycles. The summed E-state index contributed by atoms with van der Waals surface area (Å²) in [6, 6.07) is 1.88. The van der Waals surface area contributed by atoms with Crippen LogP contribution >= 0.6 is 0 Å². The van der Waals surface area contributed by atoms with E-state index in [2.05, 4.69) is 24.1 Å². The Labute approximate surface area is 104 Å². The first-order valence-electron chi connectivity index (χ1n) is 5.89. The molecule has 0 aliphatic heterocycles. The molecule has 0 aliphatic carbocycles. The topological polar surface area (TPSA) is 60.2 Å². The van der Waals surface area contributed by atoms with Crippen molar-refractivity contribution in [1.29, 1.82) is 0 Å². The number of nitrogens with two attached hydrogens (primary N) is 1. The third-order valence-corrected chi connectivity index (χ3v) is 2.88. The molecule has 0 unspecified atom stereocenters. The first-order valence-corrected chi connectivity index (χ1v) is 5.89. The van der Waals surface area contributed by atoms with Crippen molar-refractivity contribution in [2.75, 3.05) is 31.3 Å². The summed E-state index contributed by atoms with van der Waals surface area (Å²) in [5, 5.41) is 3.32. The van der Waals surface area contributed by atoms with Gasteiger partial charge in [0, 0.05) is 38.2 Å². The second-order valence-corrected chi connectivity index (χ2v) is 5.19. The maximum absolute atomic E-state index is 5.84. The number of hydrogen-bond donors (Lipinski definition) is 2. The van der Waals surface area contributed by atoms with E-state index in [0.29, 0.717) is 0 Å². The van der Waals surface area contributed by atoms with Crippen molar-refractivity contribution >= 4 is 11.5 Å². The molecule has 17 heavy (non-hydrogen) atoms. The molecule has 0 spiro atoms.